The lowest BCUT2D eigenvalue weighted by Crippen LogP contribution is -2.61. The van der Waals surface area contributed by atoms with Crippen molar-refractivity contribution >= 4 is 53.4 Å². The number of carbonyl (C=O) groups is 9. The molecule has 1 aromatic carbocycles. The molecule has 0 radical (unpaired) electrons. The molecule has 40 nitrogen and oxygen atoms in total. The number of rotatable bonds is 58. The number of aliphatic carboxylic acids is 1. The first-order chi connectivity index (χ1) is 52.9. The van der Waals surface area contributed by atoms with Crippen molar-refractivity contribution in [3.8, 4) is 5.75 Å². The van der Waals surface area contributed by atoms with E-state index >= 15 is 0 Å². The maximum atomic E-state index is 13.8. The van der Waals surface area contributed by atoms with Crippen molar-refractivity contribution in [2.45, 2.75) is 137 Å². The van der Waals surface area contributed by atoms with Crippen molar-refractivity contribution in [1.82, 2.24) is 36.8 Å². The van der Waals surface area contributed by atoms with Crippen LogP contribution in [0.4, 0.5) is 4.79 Å². The van der Waals surface area contributed by atoms with Crippen molar-refractivity contribution < 1.29 is 154 Å². The number of hydrogen-bond donors (Lipinski definition) is 11. The van der Waals surface area contributed by atoms with Crippen LogP contribution in [0, 0.1) is 0 Å². The number of nitrogens with one attached hydrogen (secondary N) is 6. The van der Waals surface area contributed by atoms with Crippen molar-refractivity contribution in [3.05, 3.63) is 41.5 Å². The number of carboxylic acids is 1. The second-order valence-corrected chi connectivity index (χ2v) is 25.5. The smallest absolute Gasteiger partial charge is 0.407 e. The molecule has 40 heteroatoms. The van der Waals surface area contributed by atoms with Crippen LogP contribution in [0.5, 0.6) is 5.75 Å². The molecule has 1 aromatic rings. The second-order valence-electron chi connectivity index (χ2n) is 25.5. The minimum absolute atomic E-state index is 0.0626. The first-order valence-electron chi connectivity index (χ1n) is 36.6. The molecule has 7 rings (SSSR count). The van der Waals surface area contributed by atoms with Gasteiger partial charge in [-0.3, -0.25) is 38.5 Å². The van der Waals surface area contributed by atoms with Crippen LogP contribution in [0.2, 0.25) is 0 Å². The van der Waals surface area contributed by atoms with Gasteiger partial charge in [0.2, 0.25) is 35.8 Å². The van der Waals surface area contributed by atoms with Crippen LogP contribution < -0.4 is 42.4 Å². The Bertz CT molecular complexity index is 2950. The number of benzene rings is 1. The number of methoxy groups -OCH3 is 1. The summed E-state index contributed by atoms with van der Waals surface area (Å²) < 4.78 is 105. The highest BCUT2D eigenvalue weighted by Gasteiger charge is 2.50. The third kappa shape index (κ3) is 32.4. The molecule has 109 heavy (non-hydrogen) atoms. The van der Waals surface area contributed by atoms with E-state index in [2.05, 4.69) is 31.9 Å². The van der Waals surface area contributed by atoms with E-state index in [1.54, 1.807) is 7.11 Å². The predicted molar refractivity (Wildman–Crippen MR) is 371 cm³/mol. The number of aliphatic hydroxyl groups excluding tert-OH is 3. The van der Waals surface area contributed by atoms with Gasteiger partial charge in [-0.2, -0.15) is 0 Å². The van der Waals surface area contributed by atoms with Gasteiger partial charge in [-0.1, -0.05) is 6.07 Å². The molecular formula is C69H108N8O32. The number of amides is 8. The Morgan fingerprint density at radius 1 is 0.532 bits per heavy atom. The number of alkyl carbamates (subject to hydrolysis) is 1. The molecule has 0 unspecified atom stereocenters. The zero-order chi connectivity index (χ0) is 78.0. The number of carbonyl (C=O) groups excluding carboxylic acids is 8. The number of nitrogens with two attached hydrogens (primary N) is 1. The first kappa shape index (κ1) is 89.4. The summed E-state index contributed by atoms with van der Waals surface area (Å²) in [6.45, 7) is 9.21. The molecule has 616 valence electrons. The van der Waals surface area contributed by atoms with Gasteiger partial charge in [-0.15, -0.1) is 0 Å². The van der Waals surface area contributed by atoms with Crippen LogP contribution in [0.25, 0.3) is 0 Å². The molecule has 0 spiro atoms. The molecule has 6 aliphatic rings. The summed E-state index contributed by atoms with van der Waals surface area (Å²) in [5.41, 5.74) is 6.57. The average Bonchev–Trinajstić information content (AvgIpc) is 1.74. The van der Waals surface area contributed by atoms with Crippen LogP contribution in [0.3, 0.4) is 0 Å². The summed E-state index contributed by atoms with van der Waals surface area (Å²) >= 11 is 0. The summed E-state index contributed by atoms with van der Waals surface area (Å²) in [7, 11) is 1.63. The Balaban J connectivity index is 0.720. The molecule has 6 heterocycles. The van der Waals surface area contributed by atoms with Gasteiger partial charge in [0.1, 0.15) is 61.1 Å². The number of aliphatic hydroxyl groups is 3. The number of ether oxygens (including phenoxy) is 19. The van der Waals surface area contributed by atoms with Crippen LogP contribution in [-0.2, 0) is 137 Å². The second kappa shape index (κ2) is 50.9. The molecule has 5 saturated heterocycles. The molecule has 12 N–H and O–H groups in total. The zero-order valence-corrected chi connectivity index (χ0v) is 61.4. The van der Waals surface area contributed by atoms with Crippen molar-refractivity contribution in [2.75, 3.05) is 199 Å². The van der Waals surface area contributed by atoms with Crippen molar-refractivity contribution in [2.24, 2.45) is 5.73 Å². The van der Waals surface area contributed by atoms with E-state index in [9.17, 15) is 63.6 Å². The third-order valence-electron chi connectivity index (χ3n) is 17.5. The Morgan fingerprint density at radius 3 is 1.51 bits per heavy atom. The minimum atomic E-state index is -2.01. The summed E-state index contributed by atoms with van der Waals surface area (Å²) in [4.78, 5) is 117. The number of carboxylic acid groups (broad SMARTS) is 1. The summed E-state index contributed by atoms with van der Waals surface area (Å²) in [6.07, 6.45) is -11.2. The normalized spacial score (nSPS) is 24.4. The number of nitrogens with zero attached hydrogens (tertiary/aromatic N) is 1. The minimum Gasteiger partial charge on any atom is -0.479 e. The van der Waals surface area contributed by atoms with E-state index < -0.39 is 127 Å². The fraction of sp³-hybridized carbons (Fsp3) is 0.754. The molecule has 5 fully saturated rings. The zero-order valence-electron chi connectivity index (χ0n) is 61.4. The summed E-state index contributed by atoms with van der Waals surface area (Å²) in [5.74, 6) is -5.74. The van der Waals surface area contributed by atoms with Crippen molar-refractivity contribution in [1.29, 1.82) is 0 Å². The lowest BCUT2D eigenvalue weighted by molar-refractivity contribution is -0.271. The lowest BCUT2D eigenvalue weighted by Gasteiger charge is -2.38. The molecule has 14 atom stereocenters. The van der Waals surface area contributed by atoms with Gasteiger partial charge in [0, 0.05) is 70.1 Å². The van der Waals surface area contributed by atoms with Crippen LogP contribution >= 0.6 is 0 Å². The van der Waals surface area contributed by atoms with Gasteiger partial charge in [-0.25, -0.2) is 9.59 Å². The Hall–Kier alpha value is -6.85. The lowest BCUT2D eigenvalue weighted by atomic mass is 9.99. The highest BCUT2D eigenvalue weighted by molar-refractivity contribution is 6.13. The van der Waals surface area contributed by atoms with Crippen LogP contribution in [0.1, 0.15) is 49.7 Å². The van der Waals surface area contributed by atoms with Crippen LogP contribution in [-0.4, -0.2) is 363 Å². The van der Waals surface area contributed by atoms with Gasteiger partial charge in [0.05, 0.1) is 203 Å². The molecule has 0 saturated carbocycles. The molecular weight excluding hydrogens is 1450 g/mol. The summed E-state index contributed by atoms with van der Waals surface area (Å²) in [5, 5.41) is 57.4. The van der Waals surface area contributed by atoms with Crippen molar-refractivity contribution in [3.63, 3.8) is 0 Å². The number of hydrogen-bond acceptors (Lipinski definition) is 32. The number of fused-ring (bicyclic) bond motifs is 2. The fourth-order valence-electron chi connectivity index (χ4n) is 11.7. The maximum absolute atomic E-state index is 13.8. The standard InChI is InChI=1S/C69H108N8O32/c1-91-15-16-93-19-20-95-23-24-97-27-28-99-31-32-101-35-36-102-34-33-100-30-29-98-26-25-96-22-21-94-18-17-92-14-11-55(81)75-49-42-106-63-48(41-105-64(49)63)74-53(79)4-2-3-47(73-54(80)10-13-77-56(82)7-8-57(77)83)66(87)71-12-9-52(78)72-38-45-37-44(39-107-69(90)76-50-43-104-61-46(70)40-103-62(50)61)5-6-51(45)108-68-60(86)58(84)59(85)65(109-68)67(88)89/h5-8,37,46-50,58-65,68,84-86H,2-4,9-36,38-43,70H2,1H3,(H,71,87)(H,72,78)(H,73,80)(H,74,79)(H,75,81)(H,76,90)(H,88,89)/t46-,47-,48-,49-,50-,58-,59-,60+,61+,62+,63+,64+,65-,68+/m0/s1. The Morgan fingerprint density at radius 2 is 1.00 bits per heavy atom. The van der Waals surface area contributed by atoms with Gasteiger partial charge >= 0.3 is 12.1 Å². The quantitative estimate of drug-likeness (QED) is 0.0214. The monoisotopic (exact) mass is 1560 g/mol. The topological polar surface area (TPSA) is 511 Å². The SMILES string of the molecule is COCCOCCOCCOCCOCCOCCOCCOCCOCCOCCOCCOCCC(=O)N[C@H]1CO[C@H]2[C@@H]1OC[C@@H]2NC(=O)CCC[C@H](NC(=O)CCN1C(=O)C=CC1=O)C(=O)NCCC(=O)NCc1cc(COC(=O)N[C@H]2CO[C@H]3[C@@H]2OC[C@@H]3N)ccc1O[C@@H]1O[C@H](C(=O)O)[C@@H](O)[C@H](O)[C@H]1O. The number of imide groups is 1. The molecule has 8 amide bonds. The first-order valence-corrected chi connectivity index (χ1v) is 36.6. The average molecular weight is 1560 g/mol. The fourth-order valence-corrected chi connectivity index (χ4v) is 11.7. The van der Waals surface area contributed by atoms with E-state index in [1.165, 1.54) is 18.2 Å². The van der Waals surface area contributed by atoms with E-state index in [4.69, 9.17) is 95.7 Å². The van der Waals surface area contributed by atoms with Crippen LogP contribution in [0.15, 0.2) is 30.4 Å². The largest absolute Gasteiger partial charge is 0.479 e. The summed E-state index contributed by atoms with van der Waals surface area (Å²) in [6, 6.07) is 1.06. The molecule has 6 aliphatic heterocycles. The molecule has 0 aliphatic carbocycles. The van der Waals surface area contributed by atoms with Gasteiger partial charge in [0.25, 0.3) is 11.8 Å². The van der Waals surface area contributed by atoms with E-state index in [0.717, 1.165) is 17.1 Å². The predicted octanol–water partition coefficient (Wildman–Crippen LogP) is -5.24. The van der Waals surface area contributed by atoms with E-state index in [1.807, 2.05) is 0 Å². The van der Waals surface area contributed by atoms with Gasteiger partial charge < -0.3 is 148 Å². The highest BCUT2D eigenvalue weighted by Crippen LogP contribution is 2.30. The van der Waals surface area contributed by atoms with E-state index in [-0.39, 0.29) is 128 Å². The maximum Gasteiger partial charge on any atom is 0.407 e. The third-order valence-corrected chi connectivity index (χ3v) is 17.5. The Labute approximate surface area is 630 Å². The highest BCUT2D eigenvalue weighted by atomic mass is 16.7. The van der Waals surface area contributed by atoms with E-state index in [0.29, 0.717) is 144 Å². The Kier molecular flexibility index (Phi) is 41.7. The van der Waals surface area contributed by atoms with Gasteiger partial charge in [-0.05, 0) is 30.5 Å². The molecule has 0 bridgehead atoms. The van der Waals surface area contributed by atoms with Gasteiger partial charge in [0.15, 0.2) is 6.10 Å². The molecule has 0 aromatic heterocycles.